The fraction of sp³-hybridized carbons (Fsp3) is 0.238. The number of hydrogen-bond acceptors (Lipinski definition) is 3. The maximum Gasteiger partial charge on any atom is 0.160 e. The minimum absolute atomic E-state index is 0.341. The Morgan fingerprint density at radius 3 is 2.58 bits per heavy atom. The van der Waals surface area contributed by atoms with E-state index < -0.39 is 0 Å². The summed E-state index contributed by atoms with van der Waals surface area (Å²) in [5.74, 6) is 1.29. The summed E-state index contributed by atoms with van der Waals surface area (Å²) in [5.41, 5.74) is 4.81. The van der Waals surface area contributed by atoms with Crippen molar-refractivity contribution in [1.29, 1.82) is 0 Å². The summed E-state index contributed by atoms with van der Waals surface area (Å²) in [6.45, 7) is 6.39. The van der Waals surface area contributed by atoms with Gasteiger partial charge in [-0.2, -0.15) is 5.06 Å². The zero-order valence-electron chi connectivity index (χ0n) is 14.1. The lowest BCUT2D eigenvalue weighted by Crippen LogP contribution is -2.22. The van der Waals surface area contributed by atoms with Gasteiger partial charge in [0, 0.05) is 36.5 Å². The minimum Gasteiger partial charge on any atom is -0.375 e. The van der Waals surface area contributed by atoms with Crippen LogP contribution in [0, 0.1) is 5.92 Å². The maximum atomic E-state index is 6.11. The molecule has 1 aromatic carbocycles. The van der Waals surface area contributed by atoms with Crippen LogP contribution >= 0.6 is 0 Å². The number of allylic oxidation sites excluding steroid dienone is 8. The normalized spacial score (nSPS) is 20.7. The van der Waals surface area contributed by atoms with Crippen LogP contribution in [0.3, 0.4) is 0 Å². The van der Waals surface area contributed by atoms with Gasteiger partial charge in [-0.15, -0.1) is 0 Å². The van der Waals surface area contributed by atoms with E-state index in [1.165, 1.54) is 16.8 Å². The molecule has 122 valence electrons. The zero-order valence-corrected chi connectivity index (χ0v) is 14.1. The van der Waals surface area contributed by atoms with Gasteiger partial charge in [-0.25, -0.2) is 0 Å². The molecular formula is C21H22N2O. The lowest BCUT2D eigenvalue weighted by atomic mass is 9.92. The highest BCUT2D eigenvalue weighted by Crippen LogP contribution is 2.40. The van der Waals surface area contributed by atoms with Gasteiger partial charge in [0.15, 0.2) is 5.76 Å². The summed E-state index contributed by atoms with van der Waals surface area (Å²) in [6, 6.07) is 8.53. The van der Waals surface area contributed by atoms with Crippen LogP contribution in [0.25, 0.3) is 0 Å². The number of nitrogens with zero attached hydrogens (tertiary/aromatic N) is 2. The van der Waals surface area contributed by atoms with Crippen molar-refractivity contribution in [2.75, 3.05) is 23.1 Å². The highest BCUT2D eigenvalue weighted by atomic mass is 16.7. The zero-order chi connectivity index (χ0) is 16.5. The standard InChI is InChI=1S/C21H22N2O/c1-3-22(4-2)17-9-11-18(12-10-17)23-14-13-20-19-8-6-5-7-16(19)15-21(20)24-23/h5-15,19H,3-4H2,1-2H3. The van der Waals surface area contributed by atoms with E-state index in [1.54, 1.807) is 0 Å². The molecule has 0 amide bonds. The van der Waals surface area contributed by atoms with E-state index in [2.05, 4.69) is 79.5 Å². The predicted octanol–water partition coefficient (Wildman–Crippen LogP) is 4.73. The molecule has 1 heterocycles. The molecule has 0 spiro atoms. The van der Waals surface area contributed by atoms with E-state index in [9.17, 15) is 0 Å². The quantitative estimate of drug-likeness (QED) is 0.798. The largest absolute Gasteiger partial charge is 0.375 e. The second kappa shape index (κ2) is 6.08. The van der Waals surface area contributed by atoms with Crippen molar-refractivity contribution in [2.24, 2.45) is 5.92 Å². The first-order valence-electron chi connectivity index (χ1n) is 8.61. The van der Waals surface area contributed by atoms with E-state index in [0.717, 1.165) is 24.5 Å². The summed E-state index contributed by atoms with van der Waals surface area (Å²) in [5, 5.41) is 1.84. The van der Waals surface area contributed by atoms with Gasteiger partial charge in [-0.3, -0.25) is 0 Å². The fourth-order valence-corrected chi connectivity index (χ4v) is 3.45. The molecule has 1 unspecified atom stereocenters. The van der Waals surface area contributed by atoms with Crippen molar-refractivity contribution in [1.82, 2.24) is 0 Å². The third-order valence-corrected chi connectivity index (χ3v) is 4.80. The molecule has 0 aromatic heterocycles. The van der Waals surface area contributed by atoms with Crippen LogP contribution in [0.1, 0.15) is 13.8 Å². The van der Waals surface area contributed by atoms with Crippen molar-refractivity contribution in [3.8, 4) is 0 Å². The van der Waals surface area contributed by atoms with Gasteiger partial charge in [0.2, 0.25) is 0 Å². The summed E-state index contributed by atoms with van der Waals surface area (Å²) in [4.78, 5) is 8.45. The molecule has 24 heavy (non-hydrogen) atoms. The molecule has 1 aliphatic heterocycles. The average Bonchev–Trinajstić information content (AvgIpc) is 3.01. The van der Waals surface area contributed by atoms with Crippen LogP contribution in [0.5, 0.6) is 0 Å². The fourth-order valence-electron chi connectivity index (χ4n) is 3.45. The molecular weight excluding hydrogens is 296 g/mol. The van der Waals surface area contributed by atoms with Crippen molar-refractivity contribution < 1.29 is 4.84 Å². The van der Waals surface area contributed by atoms with E-state index >= 15 is 0 Å². The molecule has 3 aliphatic rings. The first-order valence-corrected chi connectivity index (χ1v) is 8.61. The van der Waals surface area contributed by atoms with E-state index in [1.807, 2.05) is 11.3 Å². The van der Waals surface area contributed by atoms with Crippen molar-refractivity contribution in [2.45, 2.75) is 13.8 Å². The van der Waals surface area contributed by atoms with Crippen LogP contribution in [-0.2, 0) is 4.84 Å². The number of anilines is 2. The van der Waals surface area contributed by atoms with Gasteiger partial charge in [-0.05, 0) is 55.8 Å². The highest BCUT2D eigenvalue weighted by molar-refractivity contribution is 5.60. The topological polar surface area (TPSA) is 15.7 Å². The Hall–Kier alpha value is -2.68. The van der Waals surface area contributed by atoms with Gasteiger partial charge in [0.25, 0.3) is 0 Å². The molecule has 2 aliphatic carbocycles. The van der Waals surface area contributed by atoms with Gasteiger partial charge >= 0.3 is 0 Å². The van der Waals surface area contributed by atoms with Crippen molar-refractivity contribution in [3.63, 3.8) is 0 Å². The maximum absolute atomic E-state index is 6.11. The van der Waals surface area contributed by atoms with Gasteiger partial charge in [0.05, 0.1) is 5.69 Å². The molecule has 0 N–H and O–H groups in total. The first-order chi connectivity index (χ1) is 11.8. The third-order valence-electron chi connectivity index (χ3n) is 4.80. The Labute approximate surface area is 143 Å². The second-order valence-corrected chi connectivity index (χ2v) is 6.11. The predicted molar refractivity (Wildman–Crippen MR) is 99.6 cm³/mol. The first kappa shape index (κ1) is 14.9. The van der Waals surface area contributed by atoms with Crippen LogP contribution < -0.4 is 9.96 Å². The average molecular weight is 318 g/mol. The summed E-state index contributed by atoms with van der Waals surface area (Å²) in [6.07, 6.45) is 14.9. The molecule has 0 bridgehead atoms. The summed E-state index contributed by atoms with van der Waals surface area (Å²) >= 11 is 0. The van der Waals surface area contributed by atoms with Gasteiger partial charge in [0.1, 0.15) is 0 Å². The Morgan fingerprint density at radius 2 is 1.83 bits per heavy atom. The number of hydrogen-bond donors (Lipinski definition) is 0. The van der Waals surface area contributed by atoms with E-state index in [0.29, 0.717) is 5.92 Å². The third kappa shape index (κ3) is 2.46. The van der Waals surface area contributed by atoms with Crippen LogP contribution in [0.2, 0.25) is 0 Å². The number of benzene rings is 1. The molecule has 0 saturated carbocycles. The van der Waals surface area contributed by atoms with E-state index in [-0.39, 0.29) is 0 Å². The molecule has 0 saturated heterocycles. The lowest BCUT2D eigenvalue weighted by Gasteiger charge is -2.26. The molecule has 3 nitrogen and oxygen atoms in total. The Kier molecular flexibility index (Phi) is 3.77. The molecule has 0 radical (unpaired) electrons. The monoisotopic (exact) mass is 318 g/mol. The van der Waals surface area contributed by atoms with Gasteiger partial charge < -0.3 is 9.74 Å². The highest BCUT2D eigenvalue weighted by Gasteiger charge is 2.29. The molecule has 4 rings (SSSR count). The number of hydroxylamine groups is 1. The Bertz CT molecular complexity index is 777. The number of fused-ring (bicyclic) bond motifs is 2. The van der Waals surface area contributed by atoms with Gasteiger partial charge in [-0.1, -0.05) is 24.3 Å². The minimum atomic E-state index is 0.341. The lowest BCUT2D eigenvalue weighted by molar-refractivity contribution is 0.217. The van der Waals surface area contributed by atoms with E-state index in [4.69, 9.17) is 4.84 Å². The Balaban J connectivity index is 1.54. The SMILES string of the molecule is CCN(CC)c1ccc(N2C=CC3=C(C=C4C=CC=CC43)O2)cc1. The van der Waals surface area contributed by atoms with Crippen molar-refractivity contribution in [3.05, 3.63) is 83.8 Å². The summed E-state index contributed by atoms with van der Waals surface area (Å²) < 4.78 is 0. The van der Waals surface area contributed by atoms with Crippen LogP contribution in [0.15, 0.2) is 83.8 Å². The van der Waals surface area contributed by atoms with Crippen molar-refractivity contribution >= 4 is 11.4 Å². The molecule has 0 fully saturated rings. The van der Waals surface area contributed by atoms with Crippen LogP contribution in [-0.4, -0.2) is 13.1 Å². The summed E-state index contributed by atoms with van der Waals surface area (Å²) in [7, 11) is 0. The van der Waals surface area contributed by atoms with Crippen LogP contribution in [0.4, 0.5) is 11.4 Å². The Morgan fingerprint density at radius 1 is 1.04 bits per heavy atom. The molecule has 3 heteroatoms. The number of rotatable bonds is 4. The smallest absolute Gasteiger partial charge is 0.160 e. The molecule has 1 atom stereocenters. The molecule has 1 aromatic rings. The second-order valence-electron chi connectivity index (χ2n) is 6.11.